The highest BCUT2D eigenvalue weighted by molar-refractivity contribution is 6.06. The summed E-state index contributed by atoms with van der Waals surface area (Å²) in [6.45, 7) is 2.40. The maximum atomic E-state index is 13.7. The molecule has 8 heteroatoms. The number of hydrogen-bond donors (Lipinski definition) is 2. The molecule has 1 aromatic heterocycles. The second-order valence-electron chi connectivity index (χ2n) is 5.87. The first kappa shape index (κ1) is 19.9. The lowest BCUT2D eigenvalue weighted by Gasteiger charge is -2.09. The number of pyridine rings is 1. The Hall–Kier alpha value is -3.81. The van der Waals surface area contributed by atoms with Crippen molar-refractivity contribution in [3.63, 3.8) is 0 Å². The third kappa shape index (κ3) is 4.92. The lowest BCUT2D eigenvalue weighted by atomic mass is 10.2. The number of para-hydroxylation sites is 1. The molecule has 2 aromatic carbocycles. The van der Waals surface area contributed by atoms with Gasteiger partial charge in [0.2, 0.25) is 0 Å². The van der Waals surface area contributed by atoms with Crippen LogP contribution in [-0.2, 0) is 0 Å². The summed E-state index contributed by atoms with van der Waals surface area (Å²) >= 11 is 0. The molecule has 0 saturated heterocycles. The number of benzene rings is 2. The number of hydrogen-bond acceptors (Lipinski definition) is 4. The second-order valence-corrected chi connectivity index (χ2v) is 5.87. The highest BCUT2D eigenvalue weighted by Crippen LogP contribution is 2.19. The summed E-state index contributed by atoms with van der Waals surface area (Å²) in [5.41, 5.74) is -0.250. The summed E-state index contributed by atoms with van der Waals surface area (Å²) in [6, 6.07) is 14.2. The Balaban J connectivity index is 1.73. The van der Waals surface area contributed by atoms with E-state index in [0.29, 0.717) is 18.0 Å². The van der Waals surface area contributed by atoms with Gasteiger partial charge in [-0.25, -0.2) is 13.8 Å². The van der Waals surface area contributed by atoms with Crippen molar-refractivity contribution in [2.24, 2.45) is 0 Å². The molecule has 0 radical (unpaired) electrons. The van der Waals surface area contributed by atoms with Crippen LogP contribution in [0.15, 0.2) is 60.7 Å². The molecule has 0 atom stereocenters. The Bertz CT molecular complexity index is 1020. The van der Waals surface area contributed by atoms with Crippen LogP contribution in [0.5, 0.6) is 5.75 Å². The van der Waals surface area contributed by atoms with Crippen molar-refractivity contribution in [2.45, 2.75) is 6.92 Å². The molecule has 0 spiro atoms. The van der Waals surface area contributed by atoms with Gasteiger partial charge < -0.3 is 15.4 Å². The predicted octanol–water partition coefficient (Wildman–Crippen LogP) is 4.26. The fraction of sp³-hybridized carbons (Fsp3) is 0.0952. The van der Waals surface area contributed by atoms with E-state index in [-0.39, 0.29) is 11.4 Å². The van der Waals surface area contributed by atoms with Crippen molar-refractivity contribution in [3.8, 4) is 5.75 Å². The van der Waals surface area contributed by atoms with Crippen molar-refractivity contribution in [1.82, 2.24) is 4.98 Å². The molecule has 0 fully saturated rings. The fourth-order valence-electron chi connectivity index (χ4n) is 2.48. The third-order valence-corrected chi connectivity index (χ3v) is 3.84. The van der Waals surface area contributed by atoms with E-state index in [1.165, 1.54) is 24.3 Å². The molecule has 0 aliphatic carbocycles. The second kappa shape index (κ2) is 8.92. The van der Waals surface area contributed by atoms with Crippen LogP contribution >= 0.6 is 0 Å². The molecule has 3 aromatic rings. The minimum Gasteiger partial charge on any atom is -0.494 e. The van der Waals surface area contributed by atoms with E-state index in [9.17, 15) is 18.4 Å². The molecule has 2 N–H and O–H groups in total. The maximum Gasteiger partial charge on any atom is 0.274 e. The summed E-state index contributed by atoms with van der Waals surface area (Å²) in [5.74, 6) is -2.54. The SMILES string of the molecule is CCOc1ccc(NC(=O)c2cccc(C(=O)Nc3c(F)cccc3F)n2)cc1. The molecule has 3 rings (SSSR count). The largest absolute Gasteiger partial charge is 0.494 e. The van der Waals surface area contributed by atoms with E-state index in [4.69, 9.17) is 4.74 Å². The number of nitrogens with one attached hydrogen (secondary N) is 2. The van der Waals surface area contributed by atoms with Crippen molar-refractivity contribution >= 4 is 23.2 Å². The van der Waals surface area contributed by atoms with Crippen LogP contribution in [0.25, 0.3) is 0 Å². The lowest BCUT2D eigenvalue weighted by Crippen LogP contribution is -2.19. The van der Waals surface area contributed by atoms with Gasteiger partial charge in [-0.2, -0.15) is 0 Å². The van der Waals surface area contributed by atoms with E-state index in [0.717, 1.165) is 12.1 Å². The van der Waals surface area contributed by atoms with Crippen LogP contribution in [0.2, 0.25) is 0 Å². The average molecular weight is 397 g/mol. The Morgan fingerprint density at radius 1 is 0.862 bits per heavy atom. The maximum absolute atomic E-state index is 13.7. The Kier molecular flexibility index (Phi) is 6.13. The Labute approximate surface area is 165 Å². The van der Waals surface area contributed by atoms with Crippen LogP contribution in [0, 0.1) is 11.6 Å². The van der Waals surface area contributed by atoms with Gasteiger partial charge in [0.25, 0.3) is 11.8 Å². The molecule has 29 heavy (non-hydrogen) atoms. The summed E-state index contributed by atoms with van der Waals surface area (Å²) in [5, 5.41) is 4.78. The molecular weight excluding hydrogens is 380 g/mol. The summed E-state index contributed by atoms with van der Waals surface area (Å²) in [6.07, 6.45) is 0. The molecule has 0 aliphatic heterocycles. The van der Waals surface area contributed by atoms with E-state index in [1.807, 2.05) is 6.92 Å². The smallest absolute Gasteiger partial charge is 0.274 e. The zero-order chi connectivity index (χ0) is 20.8. The van der Waals surface area contributed by atoms with E-state index < -0.39 is 29.1 Å². The Morgan fingerprint density at radius 3 is 2.00 bits per heavy atom. The topological polar surface area (TPSA) is 80.3 Å². The number of aromatic nitrogens is 1. The number of carbonyl (C=O) groups excluding carboxylic acids is 2. The number of amides is 2. The molecular formula is C21H17F2N3O3. The van der Waals surface area contributed by atoms with Crippen molar-refractivity contribution in [2.75, 3.05) is 17.2 Å². The fourth-order valence-corrected chi connectivity index (χ4v) is 2.48. The quantitative estimate of drug-likeness (QED) is 0.651. The van der Waals surface area contributed by atoms with Crippen molar-refractivity contribution < 1.29 is 23.1 Å². The first-order valence-corrected chi connectivity index (χ1v) is 8.74. The zero-order valence-corrected chi connectivity index (χ0v) is 15.4. The van der Waals surface area contributed by atoms with E-state index in [1.54, 1.807) is 24.3 Å². The number of rotatable bonds is 6. The van der Waals surface area contributed by atoms with E-state index >= 15 is 0 Å². The van der Waals surface area contributed by atoms with Crippen molar-refractivity contribution in [3.05, 3.63) is 83.7 Å². The number of ether oxygens (including phenoxy) is 1. The number of anilines is 2. The highest BCUT2D eigenvalue weighted by Gasteiger charge is 2.16. The van der Waals surface area contributed by atoms with Crippen LogP contribution in [0.1, 0.15) is 27.9 Å². The van der Waals surface area contributed by atoms with Crippen molar-refractivity contribution in [1.29, 1.82) is 0 Å². The molecule has 0 aliphatic rings. The van der Waals surface area contributed by atoms with Crippen LogP contribution in [0.4, 0.5) is 20.2 Å². The van der Waals surface area contributed by atoms with Gasteiger partial charge in [-0.1, -0.05) is 12.1 Å². The normalized spacial score (nSPS) is 10.3. The van der Waals surface area contributed by atoms with Gasteiger partial charge in [0, 0.05) is 5.69 Å². The molecule has 0 unspecified atom stereocenters. The highest BCUT2D eigenvalue weighted by atomic mass is 19.1. The first-order valence-electron chi connectivity index (χ1n) is 8.74. The number of carbonyl (C=O) groups is 2. The van der Waals surface area contributed by atoms with Gasteiger partial charge >= 0.3 is 0 Å². The third-order valence-electron chi connectivity index (χ3n) is 3.84. The molecule has 148 valence electrons. The van der Waals surface area contributed by atoms with Crippen LogP contribution < -0.4 is 15.4 Å². The first-order chi connectivity index (χ1) is 14.0. The lowest BCUT2D eigenvalue weighted by molar-refractivity contribution is 0.101. The summed E-state index contributed by atoms with van der Waals surface area (Å²) in [4.78, 5) is 28.7. The van der Waals surface area contributed by atoms with Gasteiger partial charge in [-0.3, -0.25) is 9.59 Å². The van der Waals surface area contributed by atoms with Gasteiger partial charge in [0.05, 0.1) is 6.61 Å². The van der Waals surface area contributed by atoms with Gasteiger partial charge in [-0.05, 0) is 55.5 Å². The van der Waals surface area contributed by atoms with Gasteiger partial charge in [-0.15, -0.1) is 0 Å². The number of nitrogens with zero attached hydrogens (tertiary/aromatic N) is 1. The minimum absolute atomic E-state index is 0.0273. The number of halogens is 2. The molecule has 2 amide bonds. The van der Waals surface area contributed by atoms with Crippen LogP contribution in [0.3, 0.4) is 0 Å². The van der Waals surface area contributed by atoms with Gasteiger partial charge in [0.15, 0.2) is 0 Å². The van der Waals surface area contributed by atoms with E-state index in [2.05, 4.69) is 15.6 Å². The molecule has 0 bridgehead atoms. The monoisotopic (exact) mass is 397 g/mol. The average Bonchev–Trinajstić information content (AvgIpc) is 2.72. The molecule has 0 saturated carbocycles. The summed E-state index contributed by atoms with van der Waals surface area (Å²) < 4.78 is 32.7. The predicted molar refractivity (Wildman–Crippen MR) is 104 cm³/mol. The molecule has 6 nitrogen and oxygen atoms in total. The zero-order valence-electron chi connectivity index (χ0n) is 15.4. The summed E-state index contributed by atoms with van der Waals surface area (Å²) in [7, 11) is 0. The standard InChI is InChI=1S/C21H17F2N3O3/c1-2-29-14-11-9-13(10-12-14)24-20(27)17-7-4-8-18(25-17)21(28)26-19-15(22)5-3-6-16(19)23/h3-12H,2H2,1H3,(H,24,27)(H,26,28). The van der Waals surface area contributed by atoms with Crippen LogP contribution in [-0.4, -0.2) is 23.4 Å². The molecule has 1 heterocycles. The van der Waals surface area contributed by atoms with Gasteiger partial charge in [0.1, 0.15) is 34.5 Å². The Morgan fingerprint density at radius 2 is 1.41 bits per heavy atom. The minimum atomic E-state index is -0.914.